The lowest BCUT2D eigenvalue weighted by molar-refractivity contribution is 0.0955. The second kappa shape index (κ2) is 5.37. The van der Waals surface area contributed by atoms with Crippen molar-refractivity contribution in [3.63, 3.8) is 0 Å². The number of amides is 1. The molecule has 1 amide bonds. The predicted molar refractivity (Wildman–Crippen MR) is 61.9 cm³/mol. The van der Waals surface area contributed by atoms with Gasteiger partial charge in [-0.15, -0.1) is 11.6 Å². The van der Waals surface area contributed by atoms with Gasteiger partial charge in [0.05, 0.1) is 0 Å². The molecule has 0 radical (unpaired) electrons. The van der Waals surface area contributed by atoms with Gasteiger partial charge in [-0.25, -0.2) is 0 Å². The summed E-state index contributed by atoms with van der Waals surface area (Å²) in [6, 6.07) is 5.56. The summed E-state index contributed by atoms with van der Waals surface area (Å²) >= 11 is 8.82. The lowest BCUT2D eigenvalue weighted by atomic mass is 10.1. The topological polar surface area (TPSA) is 29.1 Å². The zero-order valence-corrected chi connectivity index (χ0v) is 10.2. The molecular formula is C10H11BrClNO. The first-order valence-electron chi connectivity index (χ1n) is 4.25. The average molecular weight is 277 g/mol. The molecule has 1 aromatic carbocycles. The zero-order valence-electron chi connectivity index (χ0n) is 7.81. The van der Waals surface area contributed by atoms with E-state index < -0.39 is 0 Å². The first-order valence-corrected chi connectivity index (χ1v) is 5.58. The standard InChI is InChI=1S/C10H11BrClNO/c1-7-6-8(11)2-3-9(7)10(14)13-5-4-12/h2-3,6H,4-5H2,1H3,(H,13,14). The molecule has 1 N–H and O–H groups in total. The largest absolute Gasteiger partial charge is 0.351 e. The van der Waals surface area contributed by atoms with Crippen LogP contribution in [0.25, 0.3) is 0 Å². The first kappa shape index (κ1) is 11.5. The Hall–Kier alpha value is -0.540. The minimum absolute atomic E-state index is 0.0735. The van der Waals surface area contributed by atoms with E-state index in [4.69, 9.17) is 11.6 Å². The molecule has 0 saturated carbocycles. The molecule has 0 atom stereocenters. The number of carbonyl (C=O) groups is 1. The van der Waals surface area contributed by atoms with Gasteiger partial charge in [-0.3, -0.25) is 4.79 Å². The molecule has 4 heteroatoms. The Labute approximate surface area is 96.8 Å². The highest BCUT2D eigenvalue weighted by Crippen LogP contribution is 2.15. The summed E-state index contributed by atoms with van der Waals surface area (Å²) in [6.07, 6.45) is 0. The highest BCUT2D eigenvalue weighted by Gasteiger charge is 2.07. The number of benzene rings is 1. The molecule has 0 aliphatic carbocycles. The van der Waals surface area contributed by atoms with E-state index in [9.17, 15) is 4.79 Å². The number of alkyl halides is 1. The van der Waals surface area contributed by atoms with Gasteiger partial charge >= 0.3 is 0 Å². The molecule has 0 unspecified atom stereocenters. The number of nitrogens with one attached hydrogen (secondary N) is 1. The molecule has 0 heterocycles. The molecule has 0 aromatic heterocycles. The van der Waals surface area contributed by atoms with Crippen LogP contribution < -0.4 is 5.32 Å². The summed E-state index contributed by atoms with van der Waals surface area (Å²) in [6.45, 7) is 2.40. The van der Waals surface area contributed by atoms with Crippen molar-refractivity contribution < 1.29 is 4.79 Å². The van der Waals surface area contributed by atoms with Gasteiger partial charge < -0.3 is 5.32 Å². The molecular weight excluding hydrogens is 265 g/mol. The van der Waals surface area contributed by atoms with Crippen molar-refractivity contribution in [1.29, 1.82) is 0 Å². The maximum Gasteiger partial charge on any atom is 0.251 e. The third-order valence-corrected chi connectivity index (χ3v) is 2.50. The van der Waals surface area contributed by atoms with Crippen LogP contribution in [-0.2, 0) is 0 Å². The van der Waals surface area contributed by atoms with Crippen LogP contribution in [0.4, 0.5) is 0 Å². The molecule has 0 aliphatic heterocycles. The van der Waals surface area contributed by atoms with Gasteiger partial charge in [0.2, 0.25) is 0 Å². The van der Waals surface area contributed by atoms with Gasteiger partial charge in [0.1, 0.15) is 0 Å². The van der Waals surface area contributed by atoms with Gasteiger partial charge in [-0.2, -0.15) is 0 Å². The van der Waals surface area contributed by atoms with Gasteiger partial charge in [0.15, 0.2) is 0 Å². The summed E-state index contributed by atoms with van der Waals surface area (Å²) < 4.78 is 0.976. The van der Waals surface area contributed by atoms with Crippen molar-refractivity contribution in [2.45, 2.75) is 6.92 Å². The Morgan fingerprint density at radius 2 is 2.29 bits per heavy atom. The summed E-state index contributed by atoms with van der Waals surface area (Å²) in [4.78, 5) is 11.6. The molecule has 1 rings (SSSR count). The first-order chi connectivity index (χ1) is 6.65. The van der Waals surface area contributed by atoms with Crippen LogP contribution >= 0.6 is 27.5 Å². The van der Waals surface area contributed by atoms with Crippen LogP contribution in [0.5, 0.6) is 0 Å². The van der Waals surface area contributed by atoms with E-state index in [0.29, 0.717) is 18.0 Å². The zero-order chi connectivity index (χ0) is 10.6. The Morgan fingerprint density at radius 1 is 1.57 bits per heavy atom. The van der Waals surface area contributed by atoms with E-state index in [-0.39, 0.29) is 5.91 Å². The van der Waals surface area contributed by atoms with Crippen LogP contribution in [0.2, 0.25) is 0 Å². The van der Waals surface area contributed by atoms with Gasteiger partial charge in [0.25, 0.3) is 5.91 Å². The number of carbonyl (C=O) groups excluding carboxylic acids is 1. The predicted octanol–water partition coefficient (Wildman–Crippen LogP) is 2.73. The molecule has 76 valence electrons. The van der Waals surface area contributed by atoms with Crippen LogP contribution in [0.3, 0.4) is 0 Å². The summed E-state index contributed by atoms with van der Waals surface area (Å²) in [5.41, 5.74) is 1.64. The van der Waals surface area contributed by atoms with E-state index in [0.717, 1.165) is 10.0 Å². The van der Waals surface area contributed by atoms with Crippen molar-refractivity contribution in [3.8, 4) is 0 Å². The van der Waals surface area contributed by atoms with E-state index in [1.165, 1.54) is 0 Å². The lowest BCUT2D eigenvalue weighted by Crippen LogP contribution is -2.25. The highest BCUT2D eigenvalue weighted by atomic mass is 79.9. The maximum absolute atomic E-state index is 11.6. The van der Waals surface area contributed by atoms with Crippen LogP contribution in [0.15, 0.2) is 22.7 Å². The third-order valence-electron chi connectivity index (χ3n) is 1.81. The smallest absolute Gasteiger partial charge is 0.251 e. The van der Waals surface area contributed by atoms with Crippen molar-refractivity contribution in [2.75, 3.05) is 12.4 Å². The third kappa shape index (κ3) is 3.00. The lowest BCUT2D eigenvalue weighted by Gasteiger charge is -2.06. The number of hydrogen-bond donors (Lipinski definition) is 1. The number of rotatable bonds is 3. The summed E-state index contributed by atoms with van der Waals surface area (Å²) in [5.74, 6) is 0.358. The van der Waals surface area contributed by atoms with Gasteiger partial charge in [-0.05, 0) is 30.7 Å². The molecule has 0 bridgehead atoms. The fraction of sp³-hybridized carbons (Fsp3) is 0.300. The molecule has 2 nitrogen and oxygen atoms in total. The number of aryl methyl sites for hydroxylation is 1. The average Bonchev–Trinajstić information content (AvgIpc) is 2.14. The van der Waals surface area contributed by atoms with Crippen molar-refractivity contribution in [2.24, 2.45) is 0 Å². The fourth-order valence-electron chi connectivity index (χ4n) is 1.14. The Kier molecular flexibility index (Phi) is 4.42. The molecule has 1 aromatic rings. The highest BCUT2D eigenvalue weighted by molar-refractivity contribution is 9.10. The molecule has 0 saturated heterocycles. The van der Waals surface area contributed by atoms with Gasteiger partial charge in [0, 0.05) is 22.5 Å². The van der Waals surface area contributed by atoms with Crippen molar-refractivity contribution in [1.82, 2.24) is 5.32 Å². The number of halogens is 2. The normalized spacial score (nSPS) is 9.93. The summed E-state index contributed by atoms with van der Waals surface area (Å²) in [5, 5.41) is 2.72. The molecule has 0 aliphatic rings. The van der Waals surface area contributed by atoms with Crippen molar-refractivity contribution in [3.05, 3.63) is 33.8 Å². The monoisotopic (exact) mass is 275 g/mol. The SMILES string of the molecule is Cc1cc(Br)ccc1C(=O)NCCCl. The number of hydrogen-bond acceptors (Lipinski definition) is 1. The maximum atomic E-state index is 11.6. The second-order valence-electron chi connectivity index (χ2n) is 2.90. The Balaban J connectivity index is 2.80. The van der Waals surface area contributed by atoms with E-state index in [1.54, 1.807) is 6.07 Å². The summed E-state index contributed by atoms with van der Waals surface area (Å²) in [7, 11) is 0. The van der Waals surface area contributed by atoms with Crippen LogP contribution in [0.1, 0.15) is 15.9 Å². The van der Waals surface area contributed by atoms with E-state index in [2.05, 4.69) is 21.2 Å². The Bertz CT molecular complexity index is 341. The molecule has 0 fully saturated rings. The fourth-order valence-corrected chi connectivity index (χ4v) is 1.71. The molecule has 0 spiro atoms. The van der Waals surface area contributed by atoms with Gasteiger partial charge in [-0.1, -0.05) is 15.9 Å². The van der Waals surface area contributed by atoms with Crippen LogP contribution in [-0.4, -0.2) is 18.3 Å². The Morgan fingerprint density at radius 3 is 2.86 bits per heavy atom. The minimum Gasteiger partial charge on any atom is -0.351 e. The van der Waals surface area contributed by atoms with Crippen LogP contribution in [0, 0.1) is 6.92 Å². The quantitative estimate of drug-likeness (QED) is 0.845. The van der Waals surface area contributed by atoms with E-state index >= 15 is 0 Å². The molecule has 14 heavy (non-hydrogen) atoms. The second-order valence-corrected chi connectivity index (χ2v) is 4.20. The minimum atomic E-state index is -0.0735. The van der Waals surface area contributed by atoms with E-state index in [1.807, 2.05) is 19.1 Å². The van der Waals surface area contributed by atoms with Crippen molar-refractivity contribution >= 4 is 33.4 Å².